The molecule has 116 valence electrons. The average Bonchev–Trinajstić information content (AvgIpc) is 2.55. The van der Waals surface area contributed by atoms with E-state index in [2.05, 4.69) is 43.6 Å². The van der Waals surface area contributed by atoms with Crippen LogP contribution in [0.2, 0.25) is 0 Å². The Morgan fingerprint density at radius 2 is 1.73 bits per heavy atom. The van der Waals surface area contributed by atoms with Gasteiger partial charge in [0.1, 0.15) is 12.1 Å². The predicted octanol–water partition coefficient (Wildman–Crippen LogP) is 2.03. The fourth-order valence-electron chi connectivity index (χ4n) is 2.58. The Morgan fingerprint density at radius 1 is 1.00 bits per heavy atom. The van der Waals surface area contributed by atoms with Crippen molar-refractivity contribution in [3.05, 3.63) is 36.0 Å². The highest BCUT2D eigenvalue weighted by atomic mass is 15.3. The van der Waals surface area contributed by atoms with Gasteiger partial charge in [0.25, 0.3) is 0 Å². The second kappa shape index (κ2) is 6.25. The molecular formula is C16H22N6. The summed E-state index contributed by atoms with van der Waals surface area (Å²) >= 11 is 0. The molecule has 0 aliphatic carbocycles. The maximum atomic E-state index is 4.68. The van der Waals surface area contributed by atoms with Gasteiger partial charge in [0.05, 0.1) is 0 Å². The van der Waals surface area contributed by atoms with Crippen molar-refractivity contribution in [3.63, 3.8) is 0 Å². The van der Waals surface area contributed by atoms with Crippen molar-refractivity contribution in [1.82, 2.24) is 19.9 Å². The number of hydrogen-bond acceptors (Lipinski definition) is 6. The molecule has 1 aliphatic heterocycles. The molecule has 0 radical (unpaired) electrons. The van der Waals surface area contributed by atoms with Crippen LogP contribution in [-0.2, 0) is 0 Å². The van der Waals surface area contributed by atoms with Crippen LogP contribution in [0.3, 0.4) is 0 Å². The van der Waals surface area contributed by atoms with Crippen LogP contribution in [0.5, 0.6) is 0 Å². The molecule has 0 unspecified atom stereocenters. The normalized spacial score (nSPS) is 15.5. The monoisotopic (exact) mass is 298 g/mol. The van der Waals surface area contributed by atoms with Crippen LogP contribution in [0.25, 0.3) is 0 Å². The van der Waals surface area contributed by atoms with Gasteiger partial charge in [-0.3, -0.25) is 0 Å². The molecule has 2 aromatic rings. The lowest BCUT2D eigenvalue weighted by Crippen LogP contribution is -2.47. The molecule has 1 saturated heterocycles. The fourth-order valence-corrected chi connectivity index (χ4v) is 2.58. The highest BCUT2D eigenvalue weighted by Gasteiger charge is 2.20. The molecular weight excluding hydrogens is 276 g/mol. The first-order chi connectivity index (χ1) is 10.6. The van der Waals surface area contributed by atoms with Crippen molar-refractivity contribution in [2.24, 2.45) is 0 Å². The summed E-state index contributed by atoms with van der Waals surface area (Å²) < 4.78 is 0. The van der Waals surface area contributed by atoms with Gasteiger partial charge in [0.2, 0.25) is 5.95 Å². The molecule has 0 atom stereocenters. The Bertz CT molecular complexity index is 634. The number of piperazine rings is 1. The Labute approximate surface area is 131 Å². The standard InChI is InChI=1S/C16H22N6/c1-12(2)14-4-5-17-16(20-14)22-8-6-21(7-9-22)15-10-13(3)18-11-19-15/h4-5,10-12H,6-9H2,1-3H3. The molecule has 3 rings (SSSR count). The topological polar surface area (TPSA) is 58.0 Å². The Hall–Kier alpha value is -2.24. The third-order valence-electron chi connectivity index (χ3n) is 3.93. The van der Waals surface area contributed by atoms with Crippen LogP contribution in [0.1, 0.15) is 31.2 Å². The zero-order valence-electron chi connectivity index (χ0n) is 13.4. The number of nitrogens with zero attached hydrogens (tertiary/aromatic N) is 6. The van der Waals surface area contributed by atoms with Crippen LogP contribution in [0, 0.1) is 6.92 Å². The number of aryl methyl sites for hydroxylation is 1. The Balaban J connectivity index is 1.68. The molecule has 1 fully saturated rings. The predicted molar refractivity (Wildman–Crippen MR) is 87.3 cm³/mol. The van der Waals surface area contributed by atoms with Crippen molar-refractivity contribution in [2.45, 2.75) is 26.7 Å². The highest BCUT2D eigenvalue weighted by Crippen LogP contribution is 2.18. The zero-order valence-corrected chi connectivity index (χ0v) is 13.4. The summed E-state index contributed by atoms with van der Waals surface area (Å²) in [5.74, 6) is 2.26. The van der Waals surface area contributed by atoms with Gasteiger partial charge in [-0.05, 0) is 18.9 Å². The molecule has 22 heavy (non-hydrogen) atoms. The largest absolute Gasteiger partial charge is 0.353 e. The van der Waals surface area contributed by atoms with Crippen LogP contribution >= 0.6 is 0 Å². The van der Waals surface area contributed by atoms with E-state index in [0.29, 0.717) is 5.92 Å². The minimum absolute atomic E-state index is 0.423. The molecule has 2 aromatic heterocycles. The first-order valence-electron chi connectivity index (χ1n) is 7.75. The SMILES string of the molecule is Cc1cc(N2CCN(c3nccc(C(C)C)n3)CC2)ncn1. The van der Waals surface area contributed by atoms with E-state index in [4.69, 9.17) is 0 Å². The Morgan fingerprint density at radius 3 is 2.41 bits per heavy atom. The summed E-state index contributed by atoms with van der Waals surface area (Å²) in [6.07, 6.45) is 3.49. The first-order valence-corrected chi connectivity index (χ1v) is 7.75. The maximum Gasteiger partial charge on any atom is 0.225 e. The van der Waals surface area contributed by atoms with E-state index < -0.39 is 0 Å². The third-order valence-corrected chi connectivity index (χ3v) is 3.93. The van der Waals surface area contributed by atoms with E-state index in [1.165, 1.54) is 0 Å². The summed E-state index contributed by atoms with van der Waals surface area (Å²) in [6, 6.07) is 4.03. The summed E-state index contributed by atoms with van der Waals surface area (Å²) in [7, 11) is 0. The van der Waals surface area contributed by atoms with Gasteiger partial charge in [-0.2, -0.15) is 0 Å². The van der Waals surface area contributed by atoms with Crippen LogP contribution < -0.4 is 9.80 Å². The van der Waals surface area contributed by atoms with E-state index in [0.717, 1.165) is 49.3 Å². The van der Waals surface area contributed by atoms with E-state index in [9.17, 15) is 0 Å². The van der Waals surface area contributed by atoms with Gasteiger partial charge >= 0.3 is 0 Å². The quantitative estimate of drug-likeness (QED) is 0.864. The highest BCUT2D eigenvalue weighted by molar-refractivity contribution is 5.42. The number of anilines is 2. The zero-order chi connectivity index (χ0) is 15.5. The lowest BCUT2D eigenvalue weighted by Gasteiger charge is -2.35. The first kappa shape index (κ1) is 14.7. The summed E-state index contributed by atoms with van der Waals surface area (Å²) in [5.41, 5.74) is 2.10. The summed E-state index contributed by atoms with van der Waals surface area (Å²) in [6.45, 7) is 9.96. The molecule has 1 aliphatic rings. The molecule has 6 nitrogen and oxygen atoms in total. The molecule has 0 saturated carbocycles. The molecule has 6 heteroatoms. The van der Waals surface area contributed by atoms with E-state index in [1.54, 1.807) is 6.33 Å². The number of aromatic nitrogens is 4. The Kier molecular flexibility index (Phi) is 4.18. The fraction of sp³-hybridized carbons (Fsp3) is 0.500. The molecule has 3 heterocycles. The maximum absolute atomic E-state index is 4.68. The van der Waals surface area contributed by atoms with Crippen LogP contribution in [0.15, 0.2) is 24.7 Å². The molecule has 0 N–H and O–H groups in total. The van der Waals surface area contributed by atoms with E-state index in [1.807, 2.05) is 25.3 Å². The summed E-state index contributed by atoms with van der Waals surface area (Å²) in [5, 5.41) is 0. The van der Waals surface area contributed by atoms with Crippen LogP contribution in [0.4, 0.5) is 11.8 Å². The third kappa shape index (κ3) is 3.16. The van der Waals surface area contributed by atoms with Crippen molar-refractivity contribution < 1.29 is 0 Å². The van der Waals surface area contributed by atoms with Crippen molar-refractivity contribution in [3.8, 4) is 0 Å². The van der Waals surface area contributed by atoms with Gasteiger partial charge < -0.3 is 9.80 Å². The van der Waals surface area contributed by atoms with Gasteiger partial charge in [0.15, 0.2) is 0 Å². The van der Waals surface area contributed by atoms with Gasteiger partial charge in [-0.1, -0.05) is 13.8 Å². The second-order valence-corrected chi connectivity index (χ2v) is 5.93. The number of hydrogen-bond donors (Lipinski definition) is 0. The van der Waals surface area contributed by atoms with E-state index in [-0.39, 0.29) is 0 Å². The van der Waals surface area contributed by atoms with E-state index >= 15 is 0 Å². The smallest absolute Gasteiger partial charge is 0.225 e. The van der Waals surface area contributed by atoms with Gasteiger partial charge in [-0.25, -0.2) is 19.9 Å². The van der Waals surface area contributed by atoms with Gasteiger partial charge in [-0.15, -0.1) is 0 Å². The molecule has 0 spiro atoms. The lowest BCUT2D eigenvalue weighted by atomic mass is 10.1. The molecule has 0 bridgehead atoms. The minimum Gasteiger partial charge on any atom is -0.353 e. The van der Waals surface area contributed by atoms with Crippen molar-refractivity contribution in [1.29, 1.82) is 0 Å². The van der Waals surface area contributed by atoms with Crippen LogP contribution in [-0.4, -0.2) is 46.1 Å². The van der Waals surface area contributed by atoms with Gasteiger partial charge in [0, 0.05) is 49.8 Å². The van der Waals surface area contributed by atoms with Crippen molar-refractivity contribution in [2.75, 3.05) is 36.0 Å². The average molecular weight is 298 g/mol. The minimum atomic E-state index is 0.423. The molecule has 0 aromatic carbocycles. The van der Waals surface area contributed by atoms with Crippen molar-refractivity contribution >= 4 is 11.8 Å². The summed E-state index contributed by atoms with van der Waals surface area (Å²) in [4.78, 5) is 22.2. The number of rotatable bonds is 3. The lowest BCUT2D eigenvalue weighted by molar-refractivity contribution is 0.630. The second-order valence-electron chi connectivity index (χ2n) is 5.93. The molecule has 0 amide bonds.